The Kier molecular flexibility index (Phi) is 5.83. The van der Waals surface area contributed by atoms with E-state index in [1.54, 1.807) is 29.8 Å². The molecule has 0 amide bonds. The van der Waals surface area contributed by atoms with Gasteiger partial charge in [0, 0.05) is 12.6 Å². The van der Waals surface area contributed by atoms with Crippen molar-refractivity contribution in [2.75, 3.05) is 14.2 Å². The SMILES string of the molecule is CCc1nc2c(C)ccnc2n1-c1c(C(=O)OC)cc(C(C)C#N)cc1C(=O)OC. The van der Waals surface area contributed by atoms with Crippen LogP contribution < -0.4 is 0 Å². The molecule has 1 atom stereocenters. The molecule has 0 fully saturated rings. The molecular formula is C22H22N4O4. The summed E-state index contributed by atoms with van der Waals surface area (Å²) in [7, 11) is 2.53. The van der Waals surface area contributed by atoms with E-state index >= 15 is 0 Å². The summed E-state index contributed by atoms with van der Waals surface area (Å²) in [6.45, 7) is 5.53. The summed E-state index contributed by atoms with van der Waals surface area (Å²) >= 11 is 0. The number of esters is 2. The van der Waals surface area contributed by atoms with Crippen LogP contribution in [0.4, 0.5) is 0 Å². The van der Waals surface area contributed by atoms with Crippen molar-refractivity contribution < 1.29 is 19.1 Å². The van der Waals surface area contributed by atoms with Gasteiger partial charge in [-0.05, 0) is 43.2 Å². The van der Waals surface area contributed by atoms with Crippen molar-refractivity contribution in [3.05, 3.63) is 52.5 Å². The third-order valence-corrected chi connectivity index (χ3v) is 4.99. The van der Waals surface area contributed by atoms with Crippen LogP contribution in [0.25, 0.3) is 16.9 Å². The molecule has 0 aliphatic heterocycles. The summed E-state index contributed by atoms with van der Waals surface area (Å²) in [5, 5.41) is 9.36. The van der Waals surface area contributed by atoms with Gasteiger partial charge in [0.1, 0.15) is 11.3 Å². The average Bonchev–Trinajstić information content (AvgIpc) is 3.16. The predicted molar refractivity (Wildman–Crippen MR) is 110 cm³/mol. The standard InChI is InChI=1S/C22H22N4O4/c1-6-17-25-18-12(2)7-8-24-20(18)26(17)19-15(21(27)29-4)9-14(13(3)11-23)10-16(19)22(28)30-5/h7-10,13H,6H2,1-5H3. The fourth-order valence-corrected chi connectivity index (χ4v) is 3.36. The van der Waals surface area contributed by atoms with E-state index in [2.05, 4.69) is 16.0 Å². The minimum absolute atomic E-state index is 0.134. The zero-order valence-corrected chi connectivity index (χ0v) is 17.5. The number of nitrogens with zero attached hydrogens (tertiary/aromatic N) is 4. The molecule has 1 aromatic carbocycles. The smallest absolute Gasteiger partial charge is 0.340 e. The van der Waals surface area contributed by atoms with Gasteiger partial charge in [-0.25, -0.2) is 19.6 Å². The fraction of sp³-hybridized carbons (Fsp3) is 0.318. The number of nitriles is 1. The molecule has 2 heterocycles. The van der Waals surface area contributed by atoms with Crippen LogP contribution in [0.5, 0.6) is 0 Å². The minimum Gasteiger partial charge on any atom is -0.465 e. The van der Waals surface area contributed by atoms with E-state index in [0.29, 0.717) is 29.0 Å². The summed E-state index contributed by atoms with van der Waals surface area (Å²) in [5.74, 6) is -1.20. The number of ether oxygens (including phenoxy) is 2. The van der Waals surface area contributed by atoms with E-state index in [-0.39, 0.29) is 16.8 Å². The quantitative estimate of drug-likeness (QED) is 0.597. The molecule has 0 saturated carbocycles. The summed E-state index contributed by atoms with van der Waals surface area (Å²) < 4.78 is 11.7. The number of imidazole rings is 1. The summed E-state index contributed by atoms with van der Waals surface area (Å²) in [5.41, 5.74) is 3.17. The lowest BCUT2D eigenvalue weighted by atomic mass is 9.95. The fourth-order valence-electron chi connectivity index (χ4n) is 3.36. The first-order chi connectivity index (χ1) is 14.4. The largest absolute Gasteiger partial charge is 0.465 e. The van der Waals surface area contributed by atoms with Crippen molar-refractivity contribution in [2.24, 2.45) is 0 Å². The van der Waals surface area contributed by atoms with E-state index in [4.69, 9.17) is 9.47 Å². The van der Waals surface area contributed by atoms with E-state index in [9.17, 15) is 14.9 Å². The molecule has 0 N–H and O–H groups in total. The van der Waals surface area contributed by atoms with Gasteiger partial charge in [-0.15, -0.1) is 0 Å². The number of rotatable bonds is 5. The molecule has 1 unspecified atom stereocenters. The Bertz CT molecular complexity index is 1150. The zero-order chi connectivity index (χ0) is 22.0. The molecule has 2 aromatic heterocycles. The number of pyridine rings is 1. The maximum atomic E-state index is 12.7. The number of carbonyl (C=O) groups excluding carboxylic acids is 2. The first-order valence-corrected chi connectivity index (χ1v) is 9.45. The van der Waals surface area contributed by atoms with Crippen molar-refractivity contribution in [1.29, 1.82) is 5.26 Å². The highest BCUT2D eigenvalue weighted by molar-refractivity contribution is 6.03. The van der Waals surface area contributed by atoms with Crippen molar-refractivity contribution in [3.8, 4) is 11.8 Å². The Balaban J connectivity index is 2.52. The Morgan fingerprint density at radius 1 is 1.20 bits per heavy atom. The molecule has 3 aromatic rings. The van der Waals surface area contributed by atoms with Crippen molar-refractivity contribution in [1.82, 2.24) is 14.5 Å². The average molecular weight is 406 g/mol. The van der Waals surface area contributed by atoms with Crippen molar-refractivity contribution >= 4 is 23.1 Å². The second-order valence-electron chi connectivity index (χ2n) is 6.82. The molecule has 0 bridgehead atoms. The van der Waals surface area contributed by atoms with Crippen molar-refractivity contribution in [2.45, 2.75) is 33.1 Å². The predicted octanol–water partition coefficient (Wildman–Crippen LogP) is 3.49. The minimum atomic E-state index is -0.640. The molecule has 8 heteroatoms. The normalized spacial score (nSPS) is 11.7. The molecule has 8 nitrogen and oxygen atoms in total. The number of benzene rings is 1. The second kappa shape index (κ2) is 8.33. The number of aryl methyl sites for hydroxylation is 2. The molecule has 0 spiro atoms. The Labute approximate surface area is 174 Å². The maximum Gasteiger partial charge on any atom is 0.340 e. The Morgan fingerprint density at radius 3 is 2.30 bits per heavy atom. The summed E-state index contributed by atoms with van der Waals surface area (Å²) in [6, 6.07) is 7.12. The number of fused-ring (bicyclic) bond motifs is 1. The highest BCUT2D eigenvalue weighted by Crippen LogP contribution is 2.31. The lowest BCUT2D eigenvalue weighted by Crippen LogP contribution is -2.17. The topological polar surface area (TPSA) is 107 Å². The maximum absolute atomic E-state index is 12.7. The first kappa shape index (κ1) is 21.0. The number of hydrogen-bond donors (Lipinski definition) is 0. The highest BCUT2D eigenvalue weighted by atomic mass is 16.5. The van der Waals surface area contributed by atoms with Gasteiger partial charge in [-0.1, -0.05) is 6.92 Å². The van der Waals surface area contributed by atoms with Crippen LogP contribution in [0.1, 0.15) is 57.4 Å². The van der Waals surface area contributed by atoms with E-state index in [0.717, 1.165) is 5.56 Å². The molecule has 3 rings (SSSR count). The van der Waals surface area contributed by atoms with Crippen LogP contribution in [0.15, 0.2) is 24.4 Å². The molecule has 0 radical (unpaired) electrons. The zero-order valence-electron chi connectivity index (χ0n) is 17.5. The third-order valence-electron chi connectivity index (χ3n) is 4.99. The van der Waals surface area contributed by atoms with Gasteiger partial charge in [-0.3, -0.25) is 4.57 Å². The number of hydrogen-bond acceptors (Lipinski definition) is 7. The second-order valence-corrected chi connectivity index (χ2v) is 6.82. The van der Waals surface area contributed by atoms with Gasteiger partial charge in [-0.2, -0.15) is 5.26 Å². The van der Waals surface area contributed by atoms with Crippen LogP contribution in [-0.2, 0) is 15.9 Å². The van der Waals surface area contributed by atoms with Gasteiger partial charge in [0.15, 0.2) is 5.65 Å². The summed E-state index contributed by atoms with van der Waals surface area (Å²) in [4.78, 5) is 34.6. The highest BCUT2D eigenvalue weighted by Gasteiger charge is 2.28. The molecule has 0 aliphatic rings. The Hall–Kier alpha value is -3.73. The van der Waals surface area contributed by atoms with Gasteiger partial charge < -0.3 is 9.47 Å². The van der Waals surface area contributed by atoms with E-state index in [1.807, 2.05) is 19.9 Å². The molecule has 0 saturated heterocycles. The van der Waals surface area contributed by atoms with Crippen molar-refractivity contribution in [3.63, 3.8) is 0 Å². The molecular weight excluding hydrogens is 384 g/mol. The summed E-state index contributed by atoms with van der Waals surface area (Å²) in [6.07, 6.45) is 2.18. The van der Waals surface area contributed by atoms with Gasteiger partial charge in [0.2, 0.25) is 0 Å². The third kappa shape index (κ3) is 3.39. The number of aromatic nitrogens is 3. The van der Waals surface area contributed by atoms with Crippen LogP contribution >= 0.6 is 0 Å². The van der Waals surface area contributed by atoms with Crippen LogP contribution in [0, 0.1) is 18.3 Å². The van der Waals surface area contributed by atoms with Crippen LogP contribution in [0.2, 0.25) is 0 Å². The lowest BCUT2D eigenvalue weighted by Gasteiger charge is -2.18. The Morgan fingerprint density at radius 2 is 1.80 bits per heavy atom. The first-order valence-electron chi connectivity index (χ1n) is 9.45. The molecule has 30 heavy (non-hydrogen) atoms. The van der Waals surface area contributed by atoms with Gasteiger partial charge in [0.05, 0.1) is 43.0 Å². The molecule has 154 valence electrons. The number of carbonyl (C=O) groups is 2. The lowest BCUT2D eigenvalue weighted by molar-refractivity contribution is 0.0599. The van der Waals surface area contributed by atoms with Crippen LogP contribution in [-0.4, -0.2) is 40.7 Å². The van der Waals surface area contributed by atoms with Gasteiger partial charge in [0.25, 0.3) is 0 Å². The number of methoxy groups -OCH3 is 2. The van der Waals surface area contributed by atoms with Crippen LogP contribution in [0.3, 0.4) is 0 Å². The van der Waals surface area contributed by atoms with Gasteiger partial charge >= 0.3 is 11.9 Å². The van der Waals surface area contributed by atoms with E-state index in [1.165, 1.54) is 14.2 Å². The van der Waals surface area contributed by atoms with E-state index < -0.39 is 17.9 Å². The monoisotopic (exact) mass is 406 g/mol. The molecule has 0 aliphatic carbocycles.